The average Bonchev–Trinajstić information content (AvgIpc) is 2.45. The van der Waals surface area contributed by atoms with Gasteiger partial charge in [0, 0.05) is 0 Å². The van der Waals surface area contributed by atoms with Crippen molar-refractivity contribution in [3.8, 4) is 0 Å². The van der Waals surface area contributed by atoms with Crippen molar-refractivity contribution in [2.24, 2.45) is 0 Å². The Kier molecular flexibility index (Phi) is 2.37. The summed E-state index contributed by atoms with van der Waals surface area (Å²) in [5.41, 5.74) is 1.18. The molecule has 4 heteroatoms. The summed E-state index contributed by atoms with van der Waals surface area (Å²) in [6.45, 7) is 0. The fraction of sp³-hybridized carbons (Fsp3) is 0.625. The Morgan fingerprint density at radius 3 is 3.00 bits per heavy atom. The second-order valence-electron chi connectivity index (χ2n) is 3.04. The molecule has 64 valence electrons. The van der Waals surface area contributed by atoms with E-state index in [1.807, 2.05) is 0 Å². The molecule has 0 bridgehead atoms. The quantitative estimate of drug-likeness (QED) is 0.604. The molecule has 1 heterocycles. The van der Waals surface area contributed by atoms with Crippen LogP contribution in [0.4, 0.5) is 0 Å². The zero-order valence-corrected chi connectivity index (χ0v) is 8.46. The third kappa shape index (κ3) is 1.64. The summed E-state index contributed by atoms with van der Waals surface area (Å²) in [6, 6.07) is 0. The van der Waals surface area contributed by atoms with Gasteiger partial charge >= 0.3 is 76.7 Å². The topological polar surface area (TPSA) is 42.9 Å². The maximum absolute atomic E-state index is 11.1. The summed E-state index contributed by atoms with van der Waals surface area (Å²) >= 11 is 0.215. The van der Waals surface area contributed by atoms with E-state index < -0.39 is 0 Å². The van der Waals surface area contributed by atoms with Crippen LogP contribution in [0, 0.1) is 0 Å². The molecule has 1 aromatic heterocycles. The number of carbonyl (C=O) groups excluding carboxylic acids is 1. The number of nitrogens with zero attached hydrogens (tertiary/aromatic N) is 2. The SMILES string of the molecule is O=C1CCCc2nn[se]c2CC1. The number of aromatic nitrogens is 2. The summed E-state index contributed by atoms with van der Waals surface area (Å²) in [6.07, 6.45) is 4.30. The number of ketones is 1. The summed E-state index contributed by atoms with van der Waals surface area (Å²) in [5.74, 6) is 0.407. The Balaban J connectivity index is 2.19. The van der Waals surface area contributed by atoms with Crippen LogP contribution in [-0.2, 0) is 17.6 Å². The second kappa shape index (κ2) is 3.50. The van der Waals surface area contributed by atoms with Gasteiger partial charge in [-0.1, -0.05) is 0 Å². The third-order valence-corrected chi connectivity index (χ3v) is 3.86. The molecule has 1 aliphatic carbocycles. The van der Waals surface area contributed by atoms with E-state index >= 15 is 0 Å². The molecule has 0 N–H and O–H groups in total. The van der Waals surface area contributed by atoms with Crippen molar-refractivity contribution < 1.29 is 4.79 Å². The molecule has 0 spiro atoms. The van der Waals surface area contributed by atoms with Crippen LogP contribution in [0.2, 0.25) is 0 Å². The first-order valence-corrected chi connectivity index (χ1v) is 5.80. The summed E-state index contributed by atoms with van der Waals surface area (Å²) in [5, 5.41) is 4.11. The number of fused-ring (bicyclic) bond motifs is 1. The van der Waals surface area contributed by atoms with Crippen molar-refractivity contribution in [2.75, 3.05) is 0 Å². The van der Waals surface area contributed by atoms with E-state index in [2.05, 4.69) is 9.19 Å². The van der Waals surface area contributed by atoms with Crippen LogP contribution in [0.5, 0.6) is 0 Å². The van der Waals surface area contributed by atoms with E-state index in [1.165, 1.54) is 10.1 Å². The van der Waals surface area contributed by atoms with Gasteiger partial charge in [0.15, 0.2) is 0 Å². The van der Waals surface area contributed by atoms with Crippen LogP contribution in [-0.4, -0.2) is 29.7 Å². The molecule has 0 saturated heterocycles. The van der Waals surface area contributed by atoms with Crippen LogP contribution in [0.1, 0.15) is 29.4 Å². The first kappa shape index (κ1) is 8.14. The first-order valence-electron chi connectivity index (χ1n) is 4.18. The molecule has 12 heavy (non-hydrogen) atoms. The van der Waals surface area contributed by atoms with Crippen LogP contribution in [0.3, 0.4) is 0 Å². The summed E-state index contributed by atoms with van der Waals surface area (Å²) in [7, 11) is 0. The number of Topliss-reactive ketones (excluding diaryl/α,β-unsaturated/α-hetero) is 1. The van der Waals surface area contributed by atoms with E-state index in [-0.39, 0.29) is 14.7 Å². The van der Waals surface area contributed by atoms with Gasteiger partial charge in [0.25, 0.3) is 0 Å². The van der Waals surface area contributed by atoms with Crippen LogP contribution >= 0.6 is 0 Å². The van der Waals surface area contributed by atoms with Gasteiger partial charge in [0.2, 0.25) is 0 Å². The molecule has 1 aliphatic rings. The number of rotatable bonds is 0. The van der Waals surface area contributed by atoms with Gasteiger partial charge in [-0.25, -0.2) is 0 Å². The Hall–Kier alpha value is -0.471. The van der Waals surface area contributed by atoms with Crippen LogP contribution < -0.4 is 0 Å². The Labute approximate surface area is 77.2 Å². The Bertz CT molecular complexity index is 295. The van der Waals surface area contributed by atoms with Gasteiger partial charge in [-0.05, 0) is 0 Å². The molecule has 0 aliphatic heterocycles. The van der Waals surface area contributed by atoms with E-state index in [0.717, 1.165) is 25.7 Å². The number of hydrogen-bond donors (Lipinski definition) is 0. The standard InChI is InChI=1S/C8H10N2OSe/c11-6-2-1-3-7-8(5-4-6)12-10-9-7/h1-5H2. The van der Waals surface area contributed by atoms with E-state index in [4.69, 9.17) is 0 Å². The van der Waals surface area contributed by atoms with Crippen molar-refractivity contribution in [1.82, 2.24) is 9.19 Å². The minimum atomic E-state index is 0.215. The zero-order chi connectivity index (χ0) is 8.39. The van der Waals surface area contributed by atoms with Gasteiger partial charge in [-0.3, -0.25) is 0 Å². The van der Waals surface area contributed by atoms with Crippen molar-refractivity contribution in [3.63, 3.8) is 0 Å². The summed E-state index contributed by atoms with van der Waals surface area (Å²) < 4.78 is 5.40. The van der Waals surface area contributed by atoms with Gasteiger partial charge in [-0.2, -0.15) is 0 Å². The molecule has 0 fully saturated rings. The molecule has 0 radical (unpaired) electrons. The molecule has 2 rings (SSSR count). The Morgan fingerprint density at radius 2 is 2.08 bits per heavy atom. The number of carbonyl (C=O) groups is 1. The molecular formula is C8H10N2OSe. The molecule has 1 aromatic rings. The number of hydrogen-bond acceptors (Lipinski definition) is 3. The third-order valence-electron chi connectivity index (χ3n) is 2.13. The monoisotopic (exact) mass is 230 g/mol. The predicted octanol–water partition coefficient (Wildman–Crippen LogP) is 0.372. The van der Waals surface area contributed by atoms with Gasteiger partial charge in [0.1, 0.15) is 0 Å². The van der Waals surface area contributed by atoms with Gasteiger partial charge in [-0.15, -0.1) is 0 Å². The molecule has 0 aromatic carbocycles. The fourth-order valence-corrected chi connectivity index (χ4v) is 2.86. The second-order valence-corrected chi connectivity index (χ2v) is 4.79. The van der Waals surface area contributed by atoms with E-state index in [9.17, 15) is 4.79 Å². The predicted molar refractivity (Wildman–Crippen MR) is 45.2 cm³/mol. The van der Waals surface area contributed by atoms with Gasteiger partial charge in [0.05, 0.1) is 0 Å². The number of aryl methyl sites for hydroxylation is 2. The maximum atomic E-state index is 11.1. The van der Waals surface area contributed by atoms with E-state index in [1.54, 1.807) is 0 Å². The van der Waals surface area contributed by atoms with Crippen molar-refractivity contribution in [3.05, 3.63) is 10.1 Å². The van der Waals surface area contributed by atoms with Crippen molar-refractivity contribution >= 4 is 20.5 Å². The molecule has 0 atom stereocenters. The Morgan fingerprint density at radius 1 is 1.17 bits per heavy atom. The fourth-order valence-electron chi connectivity index (χ4n) is 1.44. The van der Waals surface area contributed by atoms with E-state index in [0.29, 0.717) is 12.2 Å². The minimum absolute atomic E-state index is 0.215. The molecule has 0 saturated carbocycles. The first-order chi connectivity index (χ1) is 5.86. The molecular weight excluding hydrogens is 219 g/mol. The summed E-state index contributed by atoms with van der Waals surface area (Å²) in [4.78, 5) is 11.1. The normalized spacial score (nSPS) is 18.2. The molecule has 0 unspecified atom stereocenters. The van der Waals surface area contributed by atoms with Crippen LogP contribution in [0.15, 0.2) is 0 Å². The molecule has 0 amide bonds. The zero-order valence-electron chi connectivity index (χ0n) is 6.75. The molecule has 3 nitrogen and oxygen atoms in total. The van der Waals surface area contributed by atoms with Crippen molar-refractivity contribution in [1.29, 1.82) is 0 Å². The van der Waals surface area contributed by atoms with Gasteiger partial charge < -0.3 is 0 Å². The van der Waals surface area contributed by atoms with Crippen LogP contribution in [0.25, 0.3) is 0 Å². The van der Waals surface area contributed by atoms with Crippen molar-refractivity contribution in [2.45, 2.75) is 32.1 Å². The average molecular weight is 229 g/mol.